The van der Waals surface area contributed by atoms with Gasteiger partial charge in [0, 0.05) is 0 Å². The van der Waals surface area contributed by atoms with Crippen molar-refractivity contribution in [1.82, 2.24) is 0 Å². The summed E-state index contributed by atoms with van der Waals surface area (Å²) in [4.78, 5) is 24.0. The molecule has 2 aromatic rings. The molecule has 2 rings (SSSR count). The van der Waals surface area contributed by atoms with E-state index >= 15 is 0 Å². The average molecular weight is 312 g/mol. The molecule has 0 aliphatic carbocycles. The van der Waals surface area contributed by atoms with E-state index < -0.39 is 11.9 Å². The lowest BCUT2D eigenvalue weighted by Crippen LogP contribution is -2.14. The summed E-state index contributed by atoms with van der Waals surface area (Å²) in [5.74, 6) is -1.01. The molecule has 0 unspecified atom stereocenters. The number of rotatable bonds is 7. The van der Waals surface area contributed by atoms with Crippen LogP contribution in [0.5, 0.6) is 0 Å². The summed E-state index contributed by atoms with van der Waals surface area (Å²) in [6.45, 7) is 2.30. The van der Waals surface area contributed by atoms with E-state index in [2.05, 4.69) is 0 Å². The highest BCUT2D eigenvalue weighted by molar-refractivity contribution is 6.03. The smallest absolute Gasteiger partial charge is 0.339 e. The van der Waals surface area contributed by atoms with Crippen LogP contribution in [-0.4, -0.2) is 25.2 Å². The fourth-order valence-electron chi connectivity index (χ4n) is 2.21. The molecule has 0 amide bonds. The van der Waals surface area contributed by atoms with Gasteiger partial charge in [0.15, 0.2) is 0 Å². The number of carbonyl (C=O) groups is 2. The summed E-state index contributed by atoms with van der Waals surface area (Å²) in [5, 5.41) is 0. The predicted octanol–water partition coefficient (Wildman–Crippen LogP) is 3.65. The van der Waals surface area contributed by atoms with Crippen LogP contribution >= 0.6 is 0 Å². The molecule has 4 nitrogen and oxygen atoms in total. The zero-order chi connectivity index (χ0) is 16.5. The number of ether oxygens (including phenoxy) is 2. The molecule has 0 N–H and O–H groups in total. The van der Waals surface area contributed by atoms with E-state index in [0.29, 0.717) is 6.61 Å². The molecule has 0 radical (unpaired) electrons. The van der Waals surface area contributed by atoms with Crippen LogP contribution in [0.3, 0.4) is 0 Å². The molecule has 0 atom stereocenters. The first-order valence-electron chi connectivity index (χ1n) is 7.69. The topological polar surface area (TPSA) is 52.6 Å². The third kappa shape index (κ3) is 4.95. The van der Waals surface area contributed by atoms with Crippen molar-refractivity contribution in [3.63, 3.8) is 0 Å². The molecule has 0 aliphatic rings. The van der Waals surface area contributed by atoms with Crippen LogP contribution < -0.4 is 0 Å². The number of hydrogen-bond acceptors (Lipinski definition) is 4. The maximum Gasteiger partial charge on any atom is 0.339 e. The fraction of sp³-hybridized carbons (Fsp3) is 0.263. The SMILES string of the molecule is CCOC(=O)c1ccccc1C(=O)OCCCc1ccccc1. The average Bonchev–Trinajstić information content (AvgIpc) is 2.59. The minimum absolute atomic E-state index is 0.238. The van der Waals surface area contributed by atoms with Gasteiger partial charge < -0.3 is 9.47 Å². The van der Waals surface area contributed by atoms with Gasteiger partial charge in [0.1, 0.15) is 0 Å². The van der Waals surface area contributed by atoms with Gasteiger partial charge in [-0.25, -0.2) is 9.59 Å². The Labute approximate surface area is 136 Å². The molecule has 0 saturated carbocycles. The third-order valence-corrected chi connectivity index (χ3v) is 3.33. The number of carbonyl (C=O) groups excluding carboxylic acids is 2. The van der Waals surface area contributed by atoms with Crippen molar-refractivity contribution in [3.05, 3.63) is 71.3 Å². The van der Waals surface area contributed by atoms with E-state index in [9.17, 15) is 9.59 Å². The first kappa shape index (κ1) is 16.7. The molecule has 23 heavy (non-hydrogen) atoms. The second-order valence-electron chi connectivity index (χ2n) is 4.99. The van der Waals surface area contributed by atoms with Gasteiger partial charge in [0.2, 0.25) is 0 Å². The highest BCUT2D eigenvalue weighted by Crippen LogP contribution is 2.12. The summed E-state index contributed by atoms with van der Waals surface area (Å²) < 4.78 is 10.2. The lowest BCUT2D eigenvalue weighted by Gasteiger charge is -2.09. The predicted molar refractivity (Wildman–Crippen MR) is 87.4 cm³/mol. The van der Waals surface area contributed by atoms with Crippen LogP contribution in [0.1, 0.15) is 39.6 Å². The van der Waals surface area contributed by atoms with Crippen molar-refractivity contribution < 1.29 is 19.1 Å². The molecule has 0 saturated heterocycles. The molecule has 0 heterocycles. The van der Waals surface area contributed by atoms with Gasteiger partial charge in [-0.3, -0.25) is 0 Å². The summed E-state index contributed by atoms with van der Waals surface area (Å²) in [6.07, 6.45) is 1.57. The largest absolute Gasteiger partial charge is 0.462 e. The van der Waals surface area contributed by atoms with Crippen molar-refractivity contribution in [3.8, 4) is 0 Å². The lowest BCUT2D eigenvalue weighted by molar-refractivity contribution is 0.0464. The second-order valence-corrected chi connectivity index (χ2v) is 4.99. The van der Waals surface area contributed by atoms with Crippen molar-refractivity contribution in [2.45, 2.75) is 19.8 Å². The van der Waals surface area contributed by atoms with Crippen molar-refractivity contribution in [2.75, 3.05) is 13.2 Å². The van der Waals surface area contributed by atoms with Gasteiger partial charge in [-0.05, 0) is 37.5 Å². The van der Waals surface area contributed by atoms with Crippen LogP contribution in [0.15, 0.2) is 54.6 Å². The van der Waals surface area contributed by atoms with Crippen LogP contribution in [0.4, 0.5) is 0 Å². The minimum Gasteiger partial charge on any atom is -0.462 e. The minimum atomic E-state index is -0.510. The second kappa shape index (κ2) is 8.73. The Bertz CT molecular complexity index is 649. The van der Waals surface area contributed by atoms with Gasteiger partial charge in [-0.1, -0.05) is 42.5 Å². The molecule has 0 bridgehead atoms. The van der Waals surface area contributed by atoms with Crippen LogP contribution in [0.2, 0.25) is 0 Å². The molecule has 2 aromatic carbocycles. The van der Waals surface area contributed by atoms with E-state index in [1.165, 1.54) is 5.56 Å². The van der Waals surface area contributed by atoms with E-state index in [1.807, 2.05) is 30.3 Å². The fourth-order valence-corrected chi connectivity index (χ4v) is 2.21. The molecule has 0 fully saturated rings. The Balaban J connectivity index is 1.89. The summed E-state index contributed by atoms with van der Waals surface area (Å²) in [7, 11) is 0. The Morgan fingerprint density at radius 1 is 0.826 bits per heavy atom. The number of hydrogen-bond donors (Lipinski definition) is 0. The first-order chi connectivity index (χ1) is 11.2. The molecular weight excluding hydrogens is 292 g/mol. The van der Waals surface area contributed by atoms with Crippen LogP contribution in [0, 0.1) is 0 Å². The standard InChI is InChI=1S/C19H20O4/c1-2-22-18(20)16-12-6-7-13-17(16)19(21)23-14-8-11-15-9-4-3-5-10-15/h3-7,9-10,12-13H,2,8,11,14H2,1H3. The van der Waals surface area contributed by atoms with E-state index in [-0.39, 0.29) is 17.7 Å². The summed E-state index contributed by atoms with van der Waals surface area (Å²) in [5.41, 5.74) is 1.68. The zero-order valence-corrected chi connectivity index (χ0v) is 13.2. The highest BCUT2D eigenvalue weighted by Gasteiger charge is 2.18. The van der Waals surface area contributed by atoms with Gasteiger partial charge in [0.05, 0.1) is 24.3 Å². The number of esters is 2. The molecule has 0 aromatic heterocycles. The Kier molecular flexibility index (Phi) is 6.36. The Morgan fingerprint density at radius 2 is 1.39 bits per heavy atom. The number of benzene rings is 2. The monoisotopic (exact) mass is 312 g/mol. The Morgan fingerprint density at radius 3 is 2.00 bits per heavy atom. The maximum absolute atomic E-state index is 12.2. The van der Waals surface area contributed by atoms with E-state index in [0.717, 1.165) is 12.8 Å². The molecule has 4 heteroatoms. The van der Waals surface area contributed by atoms with Gasteiger partial charge in [-0.15, -0.1) is 0 Å². The molecule has 0 spiro atoms. The Hall–Kier alpha value is -2.62. The highest BCUT2D eigenvalue weighted by atomic mass is 16.5. The van der Waals surface area contributed by atoms with Gasteiger partial charge in [0.25, 0.3) is 0 Å². The van der Waals surface area contributed by atoms with E-state index in [4.69, 9.17) is 9.47 Å². The quantitative estimate of drug-likeness (QED) is 0.578. The van der Waals surface area contributed by atoms with Crippen molar-refractivity contribution >= 4 is 11.9 Å². The summed E-state index contributed by atoms with van der Waals surface area (Å²) >= 11 is 0. The number of aryl methyl sites for hydroxylation is 1. The third-order valence-electron chi connectivity index (χ3n) is 3.33. The van der Waals surface area contributed by atoms with E-state index in [1.54, 1.807) is 31.2 Å². The normalized spacial score (nSPS) is 10.1. The van der Waals surface area contributed by atoms with Crippen LogP contribution in [-0.2, 0) is 15.9 Å². The molecule has 120 valence electrons. The molecular formula is C19H20O4. The van der Waals surface area contributed by atoms with Crippen molar-refractivity contribution in [2.24, 2.45) is 0 Å². The lowest BCUT2D eigenvalue weighted by atomic mass is 10.1. The van der Waals surface area contributed by atoms with Gasteiger partial charge in [-0.2, -0.15) is 0 Å². The maximum atomic E-state index is 12.2. The van der Waals surface area contributed by atoms with Gasteiger partial charge >= 0.3 is 11.9 Å². The zero-order valence-electron chi connectivity index (χ0n) is 13.2. The van der Waals surface area contributed by atoms with Crippen LogP contribution in [0.25, 0.3) is 0 Å². The summed E-state index contributed by atoms with van der Waals surface area (Å²) in [6, 6.07) is 16.5. The van der Waals surface area contributed by atoms with Crippen molar-refractivity contribution in [1.29, 1.82) is 0 Å². The molecule has 0 aliphatic heterocycles. The first-order valence-corrected chi connectivity index (χ1v) is 7.69.